The molecule has 0 saturated carbocycles. The van der Waals surface area contributed by atoms with Crippen LogP contribution in [0.25, 0.3) is 0 Å². The zero-order valence-electron chi connectivity index (χ0n) is 6.04. The van der Waals surface area contributed by atoms with Crippen molar-refractivity contribution in [2.24, 2.45) is 0 Å². The highest BCUT2D eigenvalue weighted by molar-refractivity contribution is 5.71. The van der Waals surface area contributed by atoms with Crippen LogP contribution in [0.5, 0.6) is 0 Å². The van der Waals surface area contributed by atoms with Crippen molar-refractivity contribution in [2.45, 2.75) is 0 Å². The lowest BCUT2D eigenvalue weighted by molar-refractivity contribution is -0.511. The molecule has 54 valence electrons. The third kappa shape index (κ3) is 1.15. The van der Waals surface area contributed by atoms with E-state index in [4.69, 9.17) is 0 Å². The number of fused-ring (bicyclic) bond motifs is 1. The van der Waals surface area contributed by atoms with E-state index in [-0.39, 0.29) is 0 Å². The Morgan fingerprint density at radius 2 is 2.09 bits per heavy atom. The van der Waals surface area contributed by atoms with Crippen LogP contribution in [0.1, 0.15) is 0 Å². The van der Waals surface area contributed by atoms with Crippen LogP contribution >= 0.6 is 0 Å². The molecule has 0 aromatic carbocycles. The molecule has 0 atom stereocenters. The first kappa shape index (κ1) is 6.16. The van der Waals surface area contributed by atoms with Gasteiger partial charge in [-0.15, -0.1) is 5.10 Å². The van der Waals surface area contributed by atoms with E-state index in [0.717, 1.165) is 5.70 Å². The summed E-state index contributed by atoms with van der Waals surface area (Å²) >= 11 is 0. The molecular formula is C9H9N2+. The van der Waals surface area contributed by atoms with Gasteiger partial charge in [-0.25, -0.2) is 0 Å². The topological polar surface area (TPSA) is 26.0 Å². The van der Waals surface area contributed by atoms with E-state index in [1.165, 1.54) is 5.57 Å². The number of rotatable bonds is 0. The average molecular weight is 145 g/mol. The first-order valence-corrected chi connectivity index (χ1v) is 3.57. The van der Waals surface area contributed by atoms with Crippen molar-refractivity contribution in [3.63, 3.8) is 0 Å². The summed E-state index contributed by atoms with van der Waals surface area (Å²) in [6, 6.07) is 0. The van der Waals surface area contributed by atoms with Gasteiger partial charge in [-0.2, -0.15) is 5.43 Å². The number of hydrogen-bond donors (Lipinski definition) is 2. The lowest BCUT2D eigenvalue weighted by atomic mass is 10.1. The van der Waals surface area contributed by atoms with Gasteiger partial charge in [0.05, 0.1) is 0 Å². The summed E-state index contributed by atoms with van der Waals surface area (Å²) in [4.78, 5) is 0. The molecule has 2 rings (SSSR count). The van der Waals surface area contributed by atoms with Gasteiger partial charge in [0.25, 0.3) is 0 Å². The Hall–Kier alpha value is -1.57. The van der Waals surface area contributed by atoms with Crippen molar-refractivity contribution in [2.75, 3.05) is 0 Å². The Morgan fingerprint density at radius 3 is 3.09 bits per heavy atom. The zero-order valence-corrected chi connectivity index (χ0v) is 6.04. The molecule has 0 aromatic rings. The predicted octanol–water partition coefficient (Wildman–Crippen LogP) is -0.408. The maximum absolute atomic E-state index is 3.05. The van der Waals surface area contributed by atoms with Crippen LogP contribution in [0.15, 0.2) is 47.7 Å². The molecule has 0 unspecified atom stereocenters. The van der Waals surface area contributed by atoms with E-state index < -0.39 is 0 Å². The normalized spacial score (nSPS) is 19.6. The van der Waals surface area contributed by atoms with Gasteiger partial charge in [-0.05, 0) is 6.08 Å². The van der Waals surface area contributed by atoms with Crippen molar-refractivity contribution >= 4 is 6.21 Å². The summed E-state index contributed by atoms with van der Waals surface area (Å²) in [6.07, 6.45) is 14.1. The molecule has 11 heavy (non-hydrogen) atoms. The van der Waals surface area contributed by atoms with E-state index >= 15 is 0 Å². The Labute approximate surface area is 65.3 Å². The largest absolute Gasteiger partial charge is 0.191 e. The van der Waals surface area contributed by atoms with Gasteiger partial charge < -0.3 is 0 Å². The molecule has 0 saturated heterocycles. The summed E-state index contributed by atoms with van der Waals surface area (Å²) < 4.78 is 0. The molecule has 0 radical (unpaired) electrons. The fourth-order valence-corrected chi connectivity index (χ4v) is 1.07. The average Bonchev–Trinajstić information content (AvgIpc) is 2.28. The Bertz CT molecular complexity index is 304. The molecule has 1 aliphatic carbocycles. The molecule has 0 fully saturated rings. The Balaban J connectivity index is 2.44. The monoisotopic (exact) mass is 145 g/mol. The van der Waals surface area contributed by atoms with Crippen LogP contribution in [0.2, 0.25) is 0 Å². The summed E-state index contributed by atoms with van der Waals surface area (Å²) in [5.41, 5.74) is 5.36. The van der Waals surface area contributed by atoms with Crippen LogP contribution in [-0.4, -0.2) is 6.21 Å². The minimum atomic E-state index is 1.11. The van der Waals surface area contributed by atoms with Gasteiger partial charge in [-0.3, -0.25) is 0 Å². The van der Waals surface area contributed by atoms with Gasteiger partial charge in [-0.1, -0.05) is 24.3 Å². The van der Waals surface area contributed by atoms with Crippen LogP contribution < -0.4 is 10.5 Å². The zero-order chi connectivity index (χ0) is 7.52. The molecule has 1 aliphatic heterocycles. The third-order valence-corrected chi connectivity index (χ3v) is 1.62. The van der Waals surface area contributed by atoms with E-state index in [1.807, 2.05) is 36.6 Å². The number of hydrogen-bond acceptors (Lipinski definition) is 1. The van der Waals surface area contributed by atoms with Gasteiger partial charge >= 0.3 is 0 Å². The standard InChI is InChI=1S/C9H8N2/c1-2-4-8-6-7-10-11-9(8)5-3-1/h1-7,11H/p+1. The molecule has 2 N–H and O–H groups in total. The lowest BCUT2D eigenvalue weighted by Crippen LogP contribution is -2.80. The fraction of sp³-hybridized carbons (Fsp3) is 0. The van der Waals surface area contributed by atoms with Crippen LogP contribution in [0.3, 0.4) is 0 Å². The molecule has 2 aliphatic rings. The minimum absolute atomic E-state index is 1.11. The van der Waals surface area contributed by atoms with Crippen molar-refractivity contribution in [3.8, 4) is 0 Å². The SMILES string of the molecule is C1=CC=C2N[NH+]=CC=C2C=C1. The molecular weight excluding hydrogens is 136 g/mol. The lowest BCUT2D eigenvalue weighted by Gasteiger charge is -2.04. The van der Waals surface area contributed by atoms with Crippen LogP contribution in [0.4, 0.5) is 0 Å². The summed E-state index contributed by atoms with van der Waals surface area (Å²) in [5.74, 6) is 0. The van der Waals surface area contributed by atoms with Gasteiger partial charge in [0.1, 0.15) is 5.70 Å². The van der Waals surface area contributed by atoms with Gasteiger partial charge in [0.15, 0.2) is 6.21 Å². The third-order valence-electron chi connectivity index (χ3n) is 1.62. The molecule has 0 bridgehead atoms. The van der Waals surface area contributed by atoms with Gasteiger partial charge in [0.2, 0.25) is 0 Å². The second-order valence-electron chi connectivity index (χ2n) is 2.38. The molecule has 1 heterocycles. The summed E-state index contributed by atoms with van der Waals surface area (Å²) in [7, 11) is 0. The van der Waals surface area contributed by atoms with E-state index in [2.05, 4.69) is 16.6 Å². The first-order chi connectivity index (χ1) is 5.47. The minimum Gasteiger partial charge on any atom is -0.167 e. The number of hydrazone groups is 1. The second-order valence-corrected chi connectivity index (χ2v) is 2.38. The molecule has 2 nitrogen and oxygen atoms in total. The number of hydrazine groups is 1. The summed E-state index contributed by atoms with van der Waals surface area (Å²) in [6.45, 7) is 0. The highest BCUT2D eigenvalue weighted by Gasteiger charge is 2.06. The van der Waals surface area contributed by atoms with E-state index in [1.54, 1.807) is 0 Å². The van der Waals surface area contributed by atoms with Crippen molar-refractivity contribution in [1.82, 2.24) is 5.43 Å². The molecule has 0 amide bonds. The highest BCUT2D eigenvalue weighted by atomic mass is 15.3. The molecule has 2 heteroatoms. The van der Waals surface area contributed by atoms with E-state index in [0.29, 0.717) is 0 Å². The Kier molecular flexibility index (Phi) is 1.44. The van der Waals surface area contributed by atoms with Crippen molar-refractivity contribution in [1.29, 1.82) is 0 Å². The maximum atomic E-state index is 3.05. The maximum Gasteiger partial charge on any atom is 0.191 e. The predicted molar refractivity (Wildman–Crippen MR) is 44.6 cm³/mol. The first-order valence-electron chi connectivity index (χ1n) is 3.57. The van der Waals surface area contributed by atoms with Crippen molar-refractivity contribution < 1.29 is 5.10 Å². The van der Waals surface area contributed by atoms with Gasteiger partial charge in [0, 0.05) is 11.6 Å². The second kappa shape index (κ2) is 2.58. The fourth-order valence-electron chi connectivity index (χ4n) is 1.07. The quantitative estimate of drug-likeness (QED) is 0.476. The number of allylic oxidation sites excluding steroid dienone is 6. The van der Waals surface area contributed by atoms with Crippen molar-refractivity contribution in [3.05, 3.63) is 47.7 Å². The molecule has 0 aromatic heterocycles. The Morgan fingerprint density at radius 1 is 1.09 bits per heavy atom. The summed E-state index contributed by atoms with van der Waals surface area (Å²) in [5, 5.41) is 2.92. The highest BCUT2D eigenvalue weighted by Crippen LogP contribution is 2.10. The van der Waals surface area contributed by atoms with E-state index in [9.17, 15) is 0 Å². The van der Waals surface area contributed by atoms with Crippen LogP contribution in [-0.2, 0) is 0 Å². The molecule has 0 spiro atoms. The number of nitrogens with one attached hydrogen (secondary N) is 2. The smallest absolute Gasteiger partial charge is 0.167 e. The van der Waals surface area contributed by atoms with Crippen LogP contribution in [0, 0.1) is 0 Å².